The maximum Gasteiger partial charge on any atom is 0.253 e. The van der Waals surface area contributed by atoms with Crippen molar-refractivity contribution in [3.63, 3.8) is 0 Å². The number of nitrogens with one attached hydrogen (secondary N) is 3. The first-order valence-corrected chi connectivity index (χ1v) is 11.8. The molecule has 0 aliphatic rings. The second kappa shape index (κ2) is 13.9. The number of unbranched alkanes of at least 4 members (excludes halogenated alkanes) is 1. The minimum Gasteiger partial charge on any atom is -0.376 e. The molecule has 7 nitrogen and oxygen atoms in total. The monoisotopic (exact) mass is 452 g/mol. The molecule has 0 saturated heterocycles. The Kier molecular flexibility index (Phi) is 10.9. The number of benzene rings is 2. The molecule has 178 valence electrons. The Morgan fingerprint density at radius 2 is 1.45 bits per heavy atom. The van der Waals surface area contributed by atoms with E-state index in [1.165, 1.54) is 0 Å². The van der Waals surface area contributed by atoms with Gasteiger partial charge in [-0.2, -0.15) is 0 Å². The summed E-state index contributed by atoms with van der Waals surface area (Å²) in [5, 5.41) is 8.77. The maximum atomic E-state index is 12.8. The van der Waals surface area contributed by atoms with Gasteiger partial charge >= 0.3 is 0 Å². The van der Waals surface area contributed by atoms with E-state index in [0.29, 0.717) is 42.1 Å². The summed E-state index contributed by atoms with van der Waals surface area (Å²) in [5.41, 5.74) is 2.37. The Hall–Kier alpha value is -3.35. The molecule has 2 aromatic rings. The van der Waals surface area contributed by atoms with E-state index in [0.717, 1.165) is 25.7 Å². The molecule has 33 heavy (non-hydrogen) atoms. The van der Waals surface area contributed by atoms with Crippen molar-refractivity contribution in [1.29, 1.82) is 0 Å². The van der Waals surface area contributed by atoms with Gasteiger partial charge in [-0.25, -0.2) is 0 Å². The molecule has 0 aromatic heterocycles. The quantitative estimate of drug-likeness (QED) is 0.390. The van der Waals surface area contributed by atoms with Crippen LogP contribution in [0.1, 0.15) is 67.2 Å². The van der Waals surface area contributed by atoms with E-state index < -0.39 is 0 Å². The Morgan fingerprint density at radius 3 is 2.12 bits per heavy atom. The molecule has 0 spiro atoms. The molecule has 2 rings (SSSR count). The number of hydrogen-bond donors (Lipinski definition) is 3. The second-order valence-electron chi connectivity index (χ2n) is 7.96. The lowest BCUT2D eigenvalue weighted by Gasteiger charge is -2.21. The summed E-state index contributed by atoms with van der Waals surface area (Å²) in [7, 11) is 0. The van der Waals surface area contributed by atoms with E-state index in [4.69, 9.17) is 0 Å². The van der Waals surface area contributed by atoms with Gasteiger partial charge in [0.25, 0.3) is 11.8 Å². The highest BCUT2D eigenvalue weighted by Gasteiger charge is 2.15. The summed E-state index contributed by atoms with van der Waals surface area (Å²) in [6.45, 7) is 8.28. The molecule has 0 heterocycles. The average molecular weight is 453 g/mol. The summed E-state index contributed by atoms with van der Waals surface area (Å²) >= 11 is 0. The fourth-order valence-electron chi connectivity index (χ4n) is 3.41. The maximum absolute atomic E-state index is 12.8. The number of nitrogens with zero attached hydrogens (tertiary/aromatic N) is 1. The summed E-state index contributed by atoms with van der Waals surface area (Å²) in [5.74, 6) is -0.392. The SMILES string of the molecule is CCCCNC(=O)c1cccc(NCC(=O)Nc2cccc(C(=O)N(CCC)CCC)c2)c1. The number of hydrogen-bond acceptors (Lipinski definition) is 4. The van der Waals surface area contributed by atoms with E-state index >= 15 is 0 Å². The number of amides is 3. The van der Waals surface area contributed by atoms with Crippen molar-refractivity contribution in [2.45, 2.75) is 46.5 Å². The minimum atomic E-state index is -0.239. The zero-order valence-electron chi connectivity index (χ0n) is 19.9. The van der Waals surface area contributed by atoms with Crippen LogP contribution in [0.25, 0.3) is 0 Å². The van der Waals surface area contributed by atoms with Crippen molar-refractivity contribution >= 4 is 29.1 Å². The molecule has 0 unspecified atom stereocenters. The lowest BCUT2D eigenvalue weighted by atomic mass is 10.1. The van der Waals surface area contributed by atoms with Crippen LogP contribution in [0.5, 0.6) is 0 Å². The minimum absolute atomic E-state index is 0.0260. The van der Waals surface area contributed by atoms with Crippen LogP contribution < -0.4 is 16.0 Å². The molecule has 0 saturated carbocycles. The van der Waals surface area contributed by atoms with Crippen molar-refractivity contribution in [3.8, 4) is 0 Å². The van der Waals surface area contributed by atoms with Crippen LogP contribution in [0.4, 0.5) is 11.4 Å². The highest BCUT2D eigenvalue weighted by Crippen LogP contribution is 2.14. The Labute approximate surface area is 196 Å². The summed E-state index contributed by atoms with van der Waals surface area (Å²) in [6, 6.07) is 14.1. The van der Waals surface area contributed by atoms with E-state index in [1.54, 1.807) is 42.5 Å². The van der Waals surface area contributed by atoms with Crippen LogP contribution in [0.3, 0.4) is 0 Å². The van der Waals surface area contributed by atoms with Gasteiger partial charge in [-0.05, 0) is 55.7 Å². The summed E-state index contributed by atoms with van der Waals surface area (Å²) in [6.07, 6.45) is 3.75. The van der Waals surface area contributed by atoms with E-state index in [-0.39, 0.29) is 24.3 Å². The third kappa shape index (κ3) is 8.60. The van der Waals surface area contributed by atoms with Gasteiger partial charge in [0, 0.05) is 42.1 Å². The predicted molar refractivity (Wildman–Crippen MR) is 134 cm³/mol. The summed E-state index contributed by atoms with van der Waals surface area (Å²) in [4.78, 5) is 39.3. The zero-order valence-corrected chi connectivity index (χ0v) is 19.9. The molecule has 0 fully saturated rings. The van der Waals surface area contributed by atoms with E-state index in [2.05, 4.69) is 22.9 Å². The third-order valence-corrected chi connectivity index (χ3v) is 5.06. The topological polar surface area (TPSA) is 90.5 Å². The zero-order chi connectivity index (χ0) is 24.1. The average Bonchev–Trinajstić information content (AvgIpc) is 2.82. The molecule has 0 atom stereocenters. The molecule has 0 aliphatic heterocycles. The number of rotatable bonds is 13. The lowest BCUT2D eigenvalue weighted by Crippen LogP contribution is -2.32. The van der Waals surface area contributed by atoms with Crippen LogP contribution in [0.2, 0.25) is 0 Å². The molecule has 7 heteroatoms. The Morgan fingerprint density at radius 1 is 0.818 bits per heavy atom. The molecule has 3 amide bonds. The van der Waals surface area contributed by atoms with Gasteiger partial charge in [0.2, 0.25) is 5.91 Å². The van der Waals surface area contributed by atoms with Gasteiger partial charge in [0.05, 0.1) is 6.54 Å². The van der Waals surface area contributed by atoms with Crippen molar-refractivity contribution in [3.05, 3.63) is 59.7 Å². The van der Waals surface area contributed by atoms with Crippen molar-refractivity contribution in [2.24, 2.45) is 0 Å². The van der Waals surface area contributed by atoms with Gasteiger partial charge in [0.1, 0.15) is 0 Å². The summed E-state index contributed by atoms with van der Waals surface area (Å²) < 4.78 is 0. The lowest BCUT2D eigenvalue weighted by molar-refractivity contribution is -0.114. The van der Waals surface area contributed by atoms with E-state index in [9.17, 15) is 14.4 Å². The Balaban J connectivity index is 1.94. The first-order chi connectivity index (χ1) is 16.0. The molecule has 0 aliphatic carbocycles. The molecule has 0 bridgehead atoms. The van der Waals surface area contributed by atoms with Gasteiger partial charge in [0.15, 0.2) is 0 Å². The fraction of sp³-hybridized carbons (Fsp3) is 0.423. The van der Waals surface area contributed by atoms with Gasteiger partial charge < -0.3 is 20.9 Å². The van der Waals surface area contributed by atoms with Crippen LogP contribution in [0.15, 0.2) is 48.5 Å². The molecule has 2 aromatic carbocycles. The van der Waals surface area contributed by atoms with Crippen molar-refractivity contribution < 1.29 is 14.4 Å². The van der Waals surface area contributed by atoms with Crippen LogP contribution in [-0.2, 0) is 4.79 Å². The highest BCUT2D eigenvalue weighted by molar-refractivity contribution is 5.98. The number of anilines is 2. The van der Waals surface area contributed by atoms with Crippen LogP contribution in [0, 0.1) is 0 Å². The smallest absolute Gasteiger partial charge is 0.253 e. The first kappa shape index (κ1) is 25.9. The molecule has 0 radical (unpaired) electrons. The Bertz CT molecular complexity index is 923. The fourth-order valence-corrected chi connectivity index (χ4v) is 3.41. The molecular formula is C26H36N4O3. The standard InChI is InChI=1S/C26H36N4O3/c1-4-7-14-27-25(32)20-10-8-12-22(17-20)28-19-24(31)29-23-13-9-11-21(18-23)26(33)30(15-5-2)16-6-3/h8-13,17-18,28H,4-7,14-16,19H2,1-3H3,(H,27,32)(H,29,31). The van der Waals surface area contributed by atoms with E-state index in [1.807, 2.05) is 24.8 Å². The first-order valence-electron chi connectivity index (χ1n) is 11.8. The van der Waals surface area contributed by atoms with Crippen molar-refractivity contribution in [2.75, 3.05) is 36.8 Å². The van der Waals surface area contributed by atoms with Crippen LogP contribution in [-0.4, -0.2) is 48.8 Å². The van der Waals surface area contributed by atoms with Gasteiger partial charge in [-0.1, -0.05) is 39.3 Å². The third-order valence-electron chi connectivity index (χ3n) is 5.06. The van der Waals surface area contributed by atoms with Gasteiger partial charge in [-0.15, -0.1) is 0 Å². The highest BCUT2D eigenvalue weighted by atomic mass is 16.2. The normalized spacial score (nSPS) is 10.4. The second-order valence-corrected chi connectivity index (χ2v) is 7.96. The molecular weight excluding hydrogens is 416 g/mol. The number of carbonyl (C=O) groups excluding carboxylic acids is 3. The van der Waals surface area contributed by atoms with Crippen molar-refractivity contribution in [1.82, 2.24) is 10.2 Å². The number of carbonyl (C=O) groups is 3. The van der Waals surface area contributed by atoms with Crippen LogP contribution >= 0.6 is 0 Å². The molecule has 3 N–H and O–H groups in total. The largest absolute Gasteiger partial charge is 0.376 e. The predicted octanol–water partition coefficient (Wildman–Crippen LogP) is 4.53. The van der Waals surface area contributed by atoms with Gasteiger partial charge in [-0.3, -0.25) is 14.4 Å².